The Labute approximate surface area is 160 Å². The van der Waals surface area contributed by atoms with Crippen molar-refractivity contribution in [3.05, 3.63) is 76.6 Å². The minimum Gasteiger partial charge on any atom is -0.315 e. The van der Waals surface area contributed by atoms with Crippen LogP contribution in [0.3, 0.4) is 0 Å². The molecule has 4 heterocycles. The molecule has 0 saturated heterocycles. The summed E-state index contributed by atoms with van der Waals surface area (Å²) in [6, 6.07) is 13.2. The zero-order valence-corrected chi connectivity index (χ0v) is 15.5. The van der Waals surface area contributed by atoms with Crippen LogP contribution in [0.4, 0.5) is 5.69 Å². The van der Waals surface area contributed by atoms with E-state index in [1.165, 1.54) is 4.68 Å². The number of carbonyl (C=O) groups excluding carboxylic acids is 1. The van der Waals surface area contributed by atoms with Crippen LogP contribution in [0.5, 0.6) is 0 Å². The Morgan fingerprint density at radius 1 is 1.04 bits per heavy atom. The van der Waals surface area contributed by atoms with Crippen molar-refractivity contribution in [1.29, 1.82) is 0 Å². The maximum Gasteiger partial charge on any atom is 0.355 e. The van der Waals surface area contributed by atoms with E-state index in [2.05, 4.69) is 10.1 Å². The van der Waals surface area contributed by atoms with Gasteiger partial charge >= 0.3 is 5.69 Å². The summed E-state index contributed by atoms with van der Waals surface area (Å²) in [4.78, 5) is 31.2. The van der Waals surface area contributed by atoms with Gasteiger partial charge in [0, 0.05) is 30.2 Å². The maximum atomic E-state index is 13.1. The minimum atomic E-state index is -0.277. The normalized spacial score (nSPS) is 13.4. The van der Waals surface area contributed by atoms with E-state index in [4.69, 9.17) is 0 Å². The van der Waals surface area contributed by atoms with Crippen LogP contribution in [0.25, 0.3) is 22.5 Å². The van der Waals surface area contributed by atoms with Crippen LogP contribution in [-0.2, 0) is 11.2 Å². The zero-order chi connectivity index (χ0) is 19.4. The van der Waals surface area contributed by atoms with Crippen LogP contribution in [0.1, 0.15) is 11.3 Å². The molecule has 1 aliphatic rings. The van der Waals surface area contributed by atoms with Gasteiger partial charge in [0.05, 0.1) is 18.1 Å². The number of pyridine rings is 1. The van der Waals surface area contributed by atoms with E-state index in [-0.39, 0.29) is 11.6 Å². The van der Waals surface area contributed by atoms with Crippen LogP contribution < -0.4 is 10.6 Å². The molecule has 0 spiro atoms. The van der Waals surface area contributed by atoms with E-state index in [9.17, 15) is 9.59 Å². The molecule has 0 unspecified atom stereocenters. The lowest BCUT2D eigenvalue weighted by atomic mass is 9.98. The number of rotatable bonds is 2. The molecule has 3 aromatic heterocycles. The lowest BCUT2D eigenvalue weighted by Crippen LogP contribution is -2.28. The molecule has 0 N–H and O–H groups in total. The van der Waals surface area contributed by atoms with E-state index in [0.29, 0.717) is 17.8 Å². The summed E-state index contributed by atoms with van der Waals surface area (Å²) in [5.41, 5.74) is 5.05. The molecule has 0 bridgehead atoms. The molecular formula is C21H17N5O2. The van der Waals surface area contributed by atoms with Crippen molar-refractivity contribution >= 4 is 17.1 Å². The molecule has 4 aromatic rings. The first kappa shape index (κ1) is 16.4. The van der Waals surface area contributed by atoms with Crippen LogP contribution in [-0.4, -0.2) is 32.1 Å². The van der Waals surface area contributed by atoms with E-state index >= 15 is 0 Å². The van der Waals surface area contributed by atoms with Crippen molar-refractivity contribution in [2.24, 2.45) is 0 Å². The molecule has 0 aliphatic carbocycles. The summed E-state index contributed by atoms with van der Waals surface area (Å²) in [5, 5.41) is 4.28. The third kappa shape index (κ3) is 2.22. The SMILES string of the molecule is Cc1c(-c2cccc3c2CC(=O)N3C)cc2cnn(-c3ccccn3)c(=O)n12. The molecule has 28 heavy (non-hydrogen) atoms. The van der Waals surface area contributed by atoms with Gasteiger partial charge in [-0.3, -0.25) is 9.20 Å². The number of likely N-dealkylation sites (N-methyl/N-ethyl adjacent to an activating group) is 1. The van der Waals surface area contributed by atoms with Gasteiger partial charge in [0.2, 0.25) is 5.91 Å². The van der Waals surface area contributed by atoms with Crippen molar-refractivity contribution in [3.8, 4) is 16.9 Å². The van der Waals surface area contributed by atoms with E-state index in [1.54, 1.807) is 40.9 Å². The monoisotopic (exact) mass is 371 g/mol. The first-order valence-corrected chi connectivity index (χ1v) is 8.97. The number of nitrogens with zero attached hydrogens (tertiary/aromatic N) is 5. The van der Waals surface area contributed by atoms with Crippen molar-refractivity contribution < 1.29 is 4.79 Å². The Kier molecular flexibility index (Phi) is 3.45. The van der Waals surface area contributed by atoms with E-state index in [0.717, 1.165) is 28.1 Å². The zero-order valence-electron chi connectivity index (χ0n) is 15.5. The topological polar surface area (TPSA) is 72.5 Å². The van der Waals surface area contributed by atoms with Gasteiger partial charge in [-0.05, 0) is 42.3 Å². The molecule has 1 amide bonds. The van der Waals surface area contributed by atoms with Gasteiger partial charge in [0.25, 0.3) is 0 Å². The smallest absolute Gasteiger partial charge is 0.315 e. The Balaban J connectivity index is 1.74. The second kappa shape index (κ2) is 5.88. The second-order valence-corrected chi connectivity index (χ2v) is 6.86. The molecule has 7 nitrogen and oxygen atoms in total. The first-order chi connectivity index (χ1) is 13.6. The van der Waals surface area contributed by atoms with Gasteiger partial charge in [-0.2, -0.15) is 9.78 Å². The molecule has 0 fully saturated rings. The van der Waals surface area contributed by atoms with Crippen LogP contribution in [0.15, 0.2) is 59.7 Å². The molecule has 5 rings (SSSR count). The van der Waals surface area contributed by atoms with Crippen molar-refractivity contribution in [2.45, 2.75) is 13.3 Å². The number of benzene rings is 1. The molecule has 0 radical (unpaired) electrons. The van der Waals surface area contributed by atoms with Crippen molar-refractivity contribution in [1.82, 2.24) is 19.2 Å². The van der Waals surface area contributed by atoms with Gasteiger partial charge < -0.3 is 4.90 Å². The van der Waals surface area contributed by atoms with Gasteiger partial charge in [-0.15, -0.1) is 0 Å². The maximum absolute atomic E-state index is 13.1. The molecular weight excluding hydrogens is 354 g/mol. The van der Waals surface area contributed by atoms with Gasteiger partial charge in [0.1, 0.15) is 0 Å². The number of carbonyl (C=O) groups is 1. The Morgan fingerprint density at radius 3 is 2.68 bits per heavy atom. The predicted molar refractivity (Wildman–Crippen MR) is 106 cm³/mol. The van der Waals surface area contributed by atoms with Crippen LogP contribution in [0, 0.1) is 6.92 Å². The molecule has 1 aromatic carbocycles. The fourth-order valence-corrected chi connectivity index (χ4v) is 3.88. The number of hydrogen-bond donors (Lipinski definition) is 0. The summed E-state index contributed by atoms with van der Waals surface area (Å²) in [6.45, 7) is 1.91. The molecule has 0 saturated carbocycles. The standard InChI is InChI=1S/C21H17N5O2/c1-13-16(15-6-5-7-18-17(15)11-20(27)24(18)2)10-14-12-23-26(21(28)25(13)14)19-8-3-4-9-22-19/h3-10,12H,11H2,1-2H3. The average molecular weight is 371 g/mol. The fraction of sp³-hybridized carbons (Fsp3) is 0.143. The number of hydrogen-bond acceptors (Lipinski definition) is 4. The van der Waals surface area contributed by atoms with Crippen molar-refractivity contribution in [3.63, 3.8) is 0 Å². The molecule has 7 heteroatoms. The Morgan fingerprint density at radius 2 is 1.89 bits per heavy atom. The van der Waals surface area contributed by atoms with Gasteiger partial charge in [0.15, 0.2) is 5.82 Å². The lowest BCUT2D eigenvalue weighted by Gasteiger charge is -2.11. The van der Waals surface area contributed by atoms with Crippen molar-refractivity contribution in [2.75, 3.05) is 11.9 Å². The fourth-order valence-electron chi connectivity index (χ4n) is 3.88. The summed E-state index contributed by atoms with van der Waals surface area (Å²) in [5.74, 6) is 0.542. The predicted octanol–water partition coefficient (Wildman–Crippen LogP) is 2.37. The highest BCUT2D eigenvalue weighted by Crippen LogP contribution is 2.37. The van der Waals surface area contributed by atoms with E-state index in [1.807, 2.05) is 37.3 Å². The summed E-state index contributed by atoms with van der Waals surface area (Å²) >= 11 is 0. The number of aryl methyl sites for hydroxylation is 1. The van der Waals surface area contributed by atoms with Crippen LogP contribution >= 0.6 is 0 Å². The van der Waals surface area contributed by atoms with E-state index < -0.39 is 0 Å². The largest absolute Gasteiger partial charge is 0.355 e. The highest BCUT2D eigenvalue weighted by atomic mass is 16.2. The third-order valence-electron chi connectivity index (χ3n) is 5.32. The lowest BCUT2D eigenvalue weighted by molar-refractivity contribution is -0.117. The van der Waals surface area contributed by atoms with Gasteiger partial charge in [-0.1, -0.05) is 18.2 Å². The molecule has 138 valence electrons. The van der Waals surface area contributed by atoms with Crippen LogP contribution in [0.2, 0.25) is 0 Å². The number of amides is 1. The quantitative estimate of drug-likeness (QED) is 0.542. The highest BCUT2D eigenvalue weighted by Gasteiger charge is 2.27. The Bertz CT molecular complexity index is 1300. The summed E-state index contributed by atoms with van der Waals surface area (Å²) < 4.78 is 2.92. The van der Waals surface area contributed by atoms with Gasteiger partial charge in [-0.25, -0.2) is 9.78 Å². The molecule has 0 atom stereocenters. The molecule has 1 aliphatic heterocycles. The average Bonchev–Trinajstić information content (AvgIpc) is 3.20. The second-order valence-electron chi connectivity index (χ2n) is 6.86. The Hall–Kier alpha value is -3.74. The highest BCUT2D eigenvalue weighted by molar-refractivity contribution is 6.03. The number of fused-ring (bicyclic) bond motifs is 2. The number of aromatic nitrogens is 4. The number of anilines is 1. The summed E-state index contributed by atoms with van der Waals surface area (Å²) in [6.07, 6.45) is 3.65. The third-order valence-corrected chi connectivity index (χ3v) is 5.32. The summed E-state index contributed by atoms with van der Waals surface area (Å²) in [7, 11) is 1.79. The first-order valence-electron chi connectivity index (χ1n) is 8.97. The minimum absolute atomic E-state index is 0.0723.